The van der Waals surface area contributed by atoms with Gasteiger partial charge in [0.05, 0.1) is 6.10 Å². The Morgan fingerprint density at radius 2 is 2.20 bits per heavy atom. The summed E-state index contributed by atoms with van der Waals surface area (Å²) in [5.74, 6) is 0. The first-order chi connectivity index (χ1) is 4.74. The van der Waals surface area contributed by atoms with Crippen LogP contribution >= 0.6 is 0 Å². The maximum Gasteiger partial charge on any atom is 0.128 e. The van der Waals surface area contributed by atoms with Gasteiger partial charge in [-0.2, -0.15) is 0 Å². The van der Waals surface area contributed by atoms with Crippen molar-refractivity contribution in [2.75, 3.05) is 7.11 Å². The smallest absolute Gasteiger partial charge is 0.128 e. The molecule has 0 spiro atoms. The Labute approximate surface area is 60.5 Å². The first-order valence-corrected chi connectivity index (χ1v) is 3.66. The van der Waals surface area contributed by atoms with Crippen molar-refractivity contribution in [1.82, 2.24) is 0 Å². The zero-order valence-corrected chi connectivity index (χ0v) is 6.22. The average Bonchev–Trinajstić information content (AvgIpc) is 1.88. The molecule has 0 aromatic heterocycles. The van der Waals surface area contributed by atoms with Crippen LogP contribution in [0.4, 0.5) is 4.39 Å². The van der Waals surface area contributed by atoms with Crippen LogP contribution in [-0.2, 0) is 4.74 Å². The summed E-state index contributed by atoms with van der Waals surface area (Å²) < 4.78 is 17.8. The number of nitrogens with two attached hydrogens (primary N) is 1. The van der Waals surface area contributed by atoms with Gasteiger partial charge in [-0.05, 0) is 19.3 Å². The molecule has 3 unspecified atom stereocenters. The Kier molecular flexibility index (Phi) is 2.63. The predicted molar refractivity (Wildman–Crippen MR) is 37.5 cm³/mol. The molecule has 0 amide bonds. The van der Waals surface area contributed by atoms with Gasteiger partial charge in [-0.1, -0.05) is 0 Å². The molecule has 1 saturated carbocycles. The minimum Gasteiger partial charge on any atom is -0.378 e. The molecule has 0 aliphatic heterocycles. The third-order valence-corrected chi connectivity index (χ3v) is 2.06. The molecule has 1 aliphatic rings. The molecule has 10 heavy (non-hydrogen) atoms. The number of hydrogen-bond donors (Lipinski definition) is 1. The van der Waals surface area contributed by atoms with Crippen LogP contribution in [-0.4, -0.2) is 25.4 Å². The molecule has 1 rings (SSSR count). The fourth-order valence-corrected chi connectivity index (χ4v) is 1.38. The molecule has 1 aliphatic carbocycles. The van der Waals surface area contributed by atoms with Gasteiger partial charge < -0.3 is 10.5 Å². The van der Waals surface area contributed by atoms with E-state index < -0.39 is 6.17 Å². The van der Waals surface area contributed by atoms with Gasteiger partial charge in [-0.15, -0.1) is 0 Å². The summed E-state index contributed by atoms with van der Waals surface area (Å²) in [5.41, 5.74) is 5.55. The molecule has 2 nitrogen and oxygen atoms in total. The van der Waals surface area contributed by atoms with Crippen LogP contribution in [0, 0.1) is 0 Å². The third-order valence-electron chi connectivity index (χ3n) is 2.06. The van der Waals surface area contributed by atoms with E-state index in [4.69, 9.17) is 10.5 Å². The maximum atomic E-state index is 12.9. The average molecular weight is 147 g/mol. The van der Waals surface area contributed by atoms with E-state index in [1.165, 1.54) is 0 Å². The minimum atomic E-state index is -0.853. The van der Waals surface area contributed by atoms with Gasteiger partial charge >= 0.3 is 0 Å². The summed E-state index contributed by atoms with van der Waals surface area (Å²) >= 11 is 0. The lowest BCUT2D eigenvalue weighted by molar-refractivity contribution is 0.00112. The van der Waals surface area contributed by atoms with Crippen LogP contribution < -0.4 is 5.73 Å². The van der Waals surface area contributed by atoms with Crippen LogP contribution in [0.5, 0.6) is 0 Å². The van der Waals surface area contributed by atoms with E-state index >= 15 is 0 Å². The first kappa shape index (κ1) is 7.95. The Hall–Kier alpha value is -0.150. The molecular weight excluding hydrogens is 133 g/mol. The molecule has 0 radical (unpaired) electrons. The molecule has 3 heteroatoms. The van der Waals surface area contributed by atoms with E-state index in [9.17, 15) is 4.39 Å². The van der Waals surface area contributed by atoms with Crippen molar-refractivity contribution >= 4 is 0 Å². The number of hydrogen-bond acceptors (Lipinski definition) is 2. The molecule has 3 atom stereocenters. The monoisotopic (exact) mass is 147 g/mol. The second-order valence-corrected chi connectivity index (χ2v) is 2.86. The zero-order valence-electron chi connectivity index (χ0n) is 6.22. The first-order valence-electron chi connectivity index (χ1n) is 3.66. The number of halogens is 1. The van der Waals surface area contributed by atoms with Crippen molar-refractivity contribution < 1.29 is 9.13 Å². The highest BCUT2D eigenvalue weighted by molar-refractivity contribution is 4.82. The van der Waals surface area contributed by atoms with E-state index in [0.717, 1.165) is 12.8 Å². The van der Waals surface area contributed by atoms with Crippen LogP contribution in [0.25, 0.3) is 0 Å². The minimum absolute atomic E-state index is 0.0430. The zero-order chi connectivity index (χ0) is 7.56. The van der Waals surface area contributed by atoms with E-state index in [-0.39, 0.29) is 12.1 Å². The van der Waals surface area contributed by atoms with E-state index in [1.807, 2.05) is 0 Å². The van der Waals surface area contributed by atoms with Crippen molar-refractivity contribution in [2.24, 2.45) is 5.73 Å². The van der Waals surface area contributed by atoms with Gasteiger partial charge in [0.15, 0.2) is 0 Å². The molecule has 0 saturated heterocycles. The number of methoxy groups -OCH3 is 1. The largest absolute Gasteiger partial charge is 0.378 e. The van der Waals surface area contributed by atoms with Crippen molar-refractivity contribution in [3.05, 3.63) is 0 Å². The van der Waals surface area contributed by atoms with Crippen LogP contribution in [0.2, 0.25) is 0 Å². The summed E-state index contributed by atoms with van der Waals surface area (Å²) in [6.07, 6.45) is 1.05. The summed E-state index contributed by atoms with van der Waals surface area (Å²) in [6, 6.07) is 0.0430. The quantitative estimate of drug-likeness (QED) is 0.596. The summed E-state index contributed by atoms with van der Waals surface area (Å²) in [5, 5.41) is 0. The van der Waals surface area contributed by atoms with Crippen LogP contribution in [0.15, 0.2) is 0 Å². The lowest BCUT2D eigenvalue weighted by atomic mass is 9.92. The fourth-order valence-electron chi connectivity index (χ4n) is 1.38. The van der Waals surface area contributed by atoms with E-state index in [2.05, 4.69) is 0 Å². The molecule has 60 valence electrons. The van der Waals surface area contributed by atoms with Crippen LogP contribution in [0.1, 0.15) is 19.3 Å². The van der Waals surface area contributed by atoms with E-state index in [0.29, 0.717) is 6.42 Å². The second kappa shape index (κ2) is 3.30. The standard InChI is InChI=1S/C7H14FNO/c1-10-7-3-2-5(9)4-6(7)8/h5-7H,2-4,9H2,1H3. The van der Waals surface area contributed by atoms with Gasteiger partial charge in [-0.3, -0.25) is 0 Å². The SMILES string of the molecule is COC1CCC(N)CC1F. The normalized spacial score (nSPS) is 41.7. The van der Waals surface area contributed by atoms with Gasteiger partial charge in [0.1, 0.15) is 6.17 Å². The highest BCUT2D eigenvalue weighted by Gasteiger charge is 2.28. The van der Waals surface area contributed by atoms with Gasteiger partial charge in [0.25, 0.3) is 0 Å². The van der Waals surface area contributed by atoms with E-state index in [1.54, 1.807) is 7.11 Å². The highest BCUT2D eigenvalue weighted by Crippen LogP contribution is 2.22. The Morgan fingerprint density at radius 1 is 1.50 bits per heavy atom. The molecule has 0 heterocycles. The fraction of sp³-hybridized carbons (Fsp3) is 1.00. The Bertz CT molecular complexity index is 110. The highest BCUT2D eigenvalue weighted by atomic mass is 19.1. The maximum absolute atomic E-state index is 12.9. The van der Waals surface area contributed by atoms with Crippen molar-refractivity contribution in [2.45, 2.75) is 37.6 Å². The molecule has 0 aromatic carbocycles. The van der Waals surface area contributed by atoms with Crippen molar-refractivity contribution in [3.63, 3.8) is 0 Å². The van der Waals surface area contributed by atoms with Gasteiger partial charge in [0, 0.05) is 13.2 Å². The van der Waals surface area contributed by atoms with Crippen molar-refractivity contribution in [3.8, 4) is 0 Å². The Balaban J connectivity index is 2.36. The summed E-state index contributed by atoms with van der Waals surface area (Å²) in [4.78, 5) is 0. The summed E-state index contributed by atoms with van der Waals surface area (Å²) in [6.45, 7) is 0. The molecular formula is C7H14FNO. The number of alkyl halides is 1. The second-order valence-electron chi connectivity index (χ2n) is 2.86. The van der Waals surface area contributed by atoms with Crippen molar-refractivity contribution in [1.29, 1.82) is 0 Å². The topological polar surface area (TPSA) is 35.2 Å². The predicted octanol–water partition coefficient (Wildman–Crippen LogP) is 0.851. The lowest BCUT2D eigenvalue weighted by Gasteiger charge is -2.28. The summed E-state index contributed by atoms with van der Waals surface area (Å²) in [7, 11) is 1.55. The molecule has 0 bridgehead atoms. The molecule has 2 N–H and O–H groups in total. The van der Waals surface area contributed by atoms with Crippen LogP contribution in [0.3, 0.4) is 0 Å². The van der Waals surface area contributed by atoms with Gasteiger partial charge in [0.2, 0.25) is 0 Å². The van der Waals surface area contributed by atoms with Gasteiger partial charge in [-0.25, -0.2) is 4.39 Å². The molecule has 0 aromatic rings. The lowest BCUT2D eigenvalue weighted by Crippen LogP contribution is -2.38. The Morgan fingerprint density at radius 3 is 2.70 bits per heavy atom. The molecule has 1 fully saturated rings. The number of ether oxygens (including phenoxy) is 1. The third kappa shape index (κ3) is 1.67. The number of rotatable bonds is 1.